The summed E-state index contributed by atoms with van der Waals surface area (Å²) < 4.78 is 15.9. The van der Waals surface area contributed by atoms with Gasteiger partial charge in [-0.2, -0.15) is 0 Å². The highest BCUT2D eigenvalue weighted by atomic mass is 32.2. The fraction of sp³-hybridized carbons (Fsp3) is 0.0625. The smallest absolute Gasteiger partial charge is 0.379 e. The van der Waals surface area contributed by atoms with Gasteiger partial charge in [0.1, 0.15) is 4.32 Å². The van der Waals surface area contributed by atoms with E-state index in [1.807, 2.05) is 0 Å². The topological polar surface area (TPSA) is 77.8 Å². The lowest BCUT2D eigenvalue weighted by atomic mass is 10.2. The number of thioether (sulfide) groups is 1. The molecule has 0 atom stereocenters. The maximum atomic E-state index is 11.9. The maximum Gasteiger partial charge on any atom is 0.379 e. The Bertz CT molecular complexity index is 842. The summed E-state index contributed by atoms with van der Waals surface area (Å²) in [5.74, 6) is -0.163. The Balaban J connectivity index is 1.83. The molecule has 0 bridgehead atoms. The summed E-state index contributed by atoms with van der Waals surface area (Å²) in [5, 5.41) is 2.54. The minimum atomic E-state index is -0.625. The molecule has 1 aromatic heterocycles. The summed E-state index contributed by atoms with van der Waals surface area (Å²) in [7, 11) is 1.46. The predicted molar refractivity (Wildman–Crippen MR) is 93.0 cm³/mol. The van der Waals surface area contributed by atoms with Crippen molar-refractivity contribution >= 4 is 46.3 Å². The van der Waals surface area contributed by atoms with Crippen LogP contribution in [-0.4, -0.2) is 23.3 Å². The van der Waals surface area contributed by atoms with E-state index in [1.165, 1.54) is 31.2 Å². The van der Waals surface area contributed by atoms with E-state index in [4.69, 9.17) is 26.1 Å². The molecule has 1 saturated heterocycles. The minimum absolute atomic E-state index is 0.0933. The molecule has 24 heavy (non-hydrogen) atoms. The van der Waals surface area contributed by atoms with Gasteiger partial charge in [-0.05, 0) is 35.9 Å². The van der Waals surface area contributed by atoms with E-state index in [9.17, 15) is 9.59 Å². The number of rotatable bonds is 4. The van der Waals surface area contributed by atoms with Crippen molar-refractivity contribution < 1.29 is 23.5 Å². The third-order valence-corrected chi connectivity index (χ3v) is 4.22. The maximum absolute atomic E-state index is 11.9. The molecule has 2 heterocycles. The number of benzene rings is 1. The highest BCUT2D eigenvalue weighted by Gasteiger charge is 2.22. The van der Waals surface area contributed by atoms with Gasteiger partial charge in [0.05, 0.1) is 18.3 Å². The molecule has 1 aliphatic rings. The second-order valence-corrected chi connectivity index (χ2v) is 6.35. The van der Waals surface area contributed by atoms with Crippen molar-refractivity contribution in [2.24, 2.45) is 0 Å². The van der Waals surface area contributed by atoms with Crippen LogP contribution in [0.1, 0.15) is 16.1 Å². The molecular formula is C16H11NO5S2. The van der Waals surface area contributed by atoms with Crippen molar-refractivity contribution in [2.75, 3.05) is 7.11 Å². The molecule has 1 aromatic carbocycles. The van der Waals surface area contributed by atoms with Gasteiger partial charge in [-0.25, -0.2) is 4.79 Å². The third-order valence-electron chi connectivity index (χ3n) is 3.05. The first-order valence-corrected chi connectivity index (χ1v) is 7.98. The van der Waals surface area contributed by atoms with Crippen LogP contribution in [-0.2, 0) is 4.79 Å². The second-order valence-electron chi connectivity index (χ2n) is 4.63. The zero-order chi connectivity index (χ0) is 17.1. The molecule has 0 spiro atoms. The van der Waals surface area contributed by atoms with Crippen molar-refractivity contribution in [3.8, 4) is 11.5 Å². The van der Waals surface area contributed by atoms with Crippen LogP contribution >= 0.6 is 24.0 Å². The molecule has 2 aromatic rings. The summed E-state index contributed by atoms with van der Waals surface area (Å²) in [6, 6.07) is 8.05. The molecule has 1 aliphatic heterocycles. The van der Waals surface area contributed by atoms with Gasteiger partial charge in [0.2, 0.25) is 5.76 Å². The number of methoxy groups -OCH3 is 1. The fourth-order valence-corrected chi connectivity index (χ4v) is 3.02. The Hall–Kier alpha value is -2.58. The molecule has 0 saturated carbocycles. The standard InChI is InChI=1S/C16H11NO5S2/c1-20-12-7-9(8-13-14(18)17-16(23)24-13)4-5-10(12)22-15(19)11-3-2-6-21-11/h2-8H,1H3,(H,17,18,23)/b13-8+. The van der Waals surface area contributed by atoms with Crippen LogP contribution in [0.4, 0.5) is 0 Å². The Morgan fingerprint density at radius 2 is 2.17 bits per heavy atom. The van der Waals surface area contributed by atoms with Gasteiger partial charge in [-0.1, -0.05) is 30.0 Å². The number of carbonyl (C=O) groups is 2. The van der Waals surface area contributed by atoms with Crippen LogP contribution in [0, 0.1) is 0 Å². The number of thiocarbonyl (C=S) groups is 1. The van der Waals surface area contributed by atoms with E-state index >= 15 is 0 Å². The zero-order valence-electron chi connectivity index (χ0n) is 12.4. The lowest BCUT2D eigenvalue weighted by molar-refractivity contribution is -0.115. The van der Waals surface area contributed by atoms with Crippen molar-refractivity contribution in [3.63, 3.8) is 0 Å². The number of nitrogens with one attached hydrogen (secondary N) is 1. The molecule has 1 N–H and O–H groups in total. The van der Waals surface area contributed by atoms with E-state index in [0.717, 1.165) is 0 Å². The number of ether oxygens (including phenoxy) is 2. The molecule has 1 amide bonds. The second kappa shape index (κ2) is 6.90. The van der Waals surface area contributed by atoms with Gasteiger partial charge in [0.15, 0.2) is 11.5 Å². The lowest BCUT2D eigenvalue weighted by Crippen LogP contribution is -2.17. The first-order valence-electron chi connectivity index (χ1n) is 6.75. The number of esters is 1. The first kappa shape index (κ1) is 16.3. The van der Waals surface area contributed by atoms with E-state index in [2.05, 4.69) is 5.32 Å². The van der Waals surface area contributed by atoms with Crippen LogP contribution in [0.2, 0.25) is 0 Å². The zero-order valence-corrected chi connectivity index (χ0v) is 14.0. The molecule has 6 nitrogen and oxygen atoms in total. The first-order chi connectivity index (χ1) is 11.6. The average molecular weight is 361 g/mol. The average Bonchev–Trinajstić information content (AvgIpc) is 3.19. The van der Waals surface area contributed by atoms with Crippen LogP contribution in [0.3, 0.4) is 0 Å². The van der Waals surface area contributed by atoms with Crippen molar-refractivity contribution in [1.29, 1.82) is 0 Å². The Morgan fingerprint density at radius 1 is 1.33 bits per heavy atom. The number of carbonyl (C=O) groups excluding carboxylic acids is 2. The normalized spacial score (nSPS) is 15.5. The third kappa shape index (κ3) is 3.50. The van der Waals surface area contributed by atoms with Crippen LogP contribution < -0.4 is 14.8 Å². The Morgan fingerprint density at radius 3 is 2.79 bits per heavy atom. The number of amides is 1. The van der Waals surface area contributed by atoms with E-state index in [-0.39, 0.29) is 17.4 Å². The number of hydrogen-bond donors (Lipinski definition) is 1. The summed E-state index contributed by atoms with van der Waals surface area (Å²) in [4.78, 5) is 24.1. The number of furan rings is 1. The van der Waals surface area contributed by atoms with Gasteiger partial charge in [0.25, 0.3) is 5.91 Å². The fourth-order valence-electron chi connectivity index (χ4n) is 1.98. The van der Waals surface area contributed by atoms with E-state index in [0.29, 0.717) is 20.5 Å². The van der Waals surface area contributed by atoms with Gasteiger partial charge in [-0.15, -0.1) is 0 Å². The molecule has 8 heteroatoms. The SMILES string of the molecule is COc1cc(/C=C2/SC(=S)NC2=O)ccc1OC(=O)c1ccco1. The van der Waals surface area contributed by atoms with Crippen LogP contribution in [0.5, 0.6) is 11.5 Å². The Labute approximate surface area is 146 Å². The highest BCUT2D eigenvalue weighted by Crippen LogP contribution is 2.32. The Kier molecular flexibility index (Phi) is 4.68. The number of hydrogen-bond acceptors (Lipinski definition) is 7. The molecule has 0 aliphatic carbocycles. The summed E-state index contributed by atoms with van der Waals surface area (Å²) >= 11 is 6.13. The van der Waals surface area contributed by atoms with Crippen molar-refractivity contribution in [3.05, 3.63) is 52.8 Å². The minimum Gasteiger partial charge on any atom is -0.493 e. The van der Waals surface area contributed by atoms with E-state index in [1.54, 1.807) is 30.3 Å². The monoisotopic (exact) mass is 361 g/mol. The van der Waals surface area contributed by atoms with Crippen LogP contribution in [0.15, 0.2) is 45.9 Å². The molecule has 3 rings (SSSR count). The summed E-state index contributed by atoms with van der Waals surface area (Å²) in [6.07, 6.45) is 3.07. The molecule has 0 radical (unpaired) electrons. The predicted octanol–water partition coefficient (Wildman–Crippen LogP) is 3.00. The quantitative estimate of drug-likeness (QED) is 0.388. The molecule has 122 valence electrons. The van der Waals surface area contributed by atoms with Gasteiger partial charge >= 0.3 is 5.97 Å². The van der Waals surface area contributed by atoms with Gasteiger partial charge in [0, 0.05) is 0 Å². The van der Waals surface area contributed by atoms with Crippen LogP contribution in [0.25, 0.3) is 6.08 Å². The summed E-state index contributed by atoms with van der Waals surface area (Å²) in [6.45, 7) is 0. The summed E-state index contributed by atoms with van der Waals surface area (Å²) in [5.41, 5.74) is 0.715. The van der Waals surface area contributed by atoms with Gasteiger partial charge < -0.3 is 19.2 Å². The largest absolute Gasteiger partial charge is 0.493 e. The molecule has 1 fully saturated rings. The highest BCUT2D eigenvalue weighted by molar-refractivity contribution is 8.26. The lowest BCUT2D eigenvalue weighted by Gasteiger charge is -2.09. The van der Waals surface area contributed by atoms with E-state index < -0.39 is 5.97 Å². The van der Waals surface area contributed by atoms with Crippen molar-refractivity contribution in [2.45, 2.75) is 0 Å². The molecular weight excluding hydrogens is 350 g/mol. The molecule has 0 unspecified atom stereocenters. The van der Waals surface area contributed by atoms with Crippen molar-refractivity contribution in [1.82, 2.24) is 5.32 Å². The van der Waals surface area contributed by atoms with Gasteiger partial charge in [-0.3, -0.25) is 4.79 Å².